The Hall–Kier alpha value is -1.81. The molecule has 4 heteroatoms. The zero-order chi connectivity index (χ0) is 11.5. The average molecular weight is 217 g/mol. The molecule has 2 aromatic rings. The normalized spacial score (nSPS) is 12.4. The van der Waals surface area contributed by atoms with Crippen LogP contribution in [0, 0.1) is 0 Å². The lowest BCUT2D eigenvalue weighted by Crippen LogP contribution is -2.11. The fourth-order valence-corrected chi connectivity index (χ4v) is 1.67. The SMILES string of the molecule is COc1ccccc1-n1cncc1[C@H](C)N. The van der Waals surface area contributed by atoms with Crippen molar-refractivity contribution in [3.8, 4) is 11.4 Å². The first kappa shape index (κ1) is 10.7. The third kappa shape index (κ3) is 1.79. The maximum atomic E-state index is 5.89. The summed E-state index contributed by atoms with van der Waals surface area (Å²) in [6, 6.07) is 7.73. The molecule has 84 valence electrons. The van der Waals surface area contributed by atoms with E-state index in [-0.39, 0.29) is 6.04 Å². The number of nitrogens with zero attached hydrogens (tertiary/aromatic N) is 2. The van der Waals surface area contributed by atoms with Crippen molar-refractivity contribution < 1.29 is 4.74 Å². The molecule has 2 N–H and O–H groups in total. The number of nitrogens with two attached hydrogens (primary N) is 1. The van der Waals surface area contributed by atoms with E-state index in [1.807, 2.05) is 35.8 Å². The van der Waals surface area contributed by atoms with Gasteiger partial charge in [-0.05, 0) is 19.1 Å². The number of methoxy groups -OCH3 is 1. The lowest BCUT2D eigenvalue weighted by molar-refractivity contribution is 0.412. The van der Waals surface area contributed by atoms with Gasteiger partial charge in [-0.15, -0.1) is 0 Å². The van der Waals surface area contributed by atoms with Crippen LogP contribution in [0.3, 0.4) is 0 Å². The van der Waals surface area contributed by atoms with Gasteiger partial charge in [-0.25, -0.2) is 4.98 Å². The Balaban J connectivity index is 2.54. The number of ether oxygens (including phenoxy) is 1. The summed E-state index contributed by atoms with van der Waals surface area (Å²) in [5, 5.41) is 0. The van der Waals surface area contributed by atoms with E-state index in [2.05, 4.69) is 4.98 Å². The molecule has 0 radical (unpaired) electrons. The molecule has 0 aliphatic heterocycles. The van der Waals surface area contributed by atoms with Crippen LogP contribution < -0.4 is 10.5 Å². The summed E-state index contributed by atoms with van der Waals surface area (Å²) in [5.74, 6) is 0.808. The molecule has 0 unspecified atom stereocenters. The maximum absolute atomic E-state index is 5.89. The van der Waals surface area contributed by atoms with E-state index in [1.54, 1.807) is 19.6 Å². The molecule has 16 heavy (non-hydrogen) atoms. The van der Waals surface area contributed by atoms with Crippen molar-refractivity contribution in [3.05, 3.63) is 42.5 Å². The highest BCUT2D eigenvalue weighted by atomic mass is 16.5. The van der Waals surface area contributed by atoms with Crippen LogP contribution in [0.1, 0.15) is 18.7 Å². The molecule has 0 fully saturated rings. The summed E-state index contributed by atoms with van der Waals surface area (Å²) in [6.45, 7) is 1.93. The lowest BCUT2D eigenvalue weighted by Gasteiger charge is -2.13. The van der Waals surface area contributed by atoms with Gasteiger partial charge in [0.1, 0.15) is 5.75 Å². The topological polar surface area (TPSA) is 53.1 Å². The average Bonchev–Trinajstić information content (AvgIpc) is 2.77. The van der Waals surface area contributed by atoms with Crippen LogP contribution in [0.25, 0.3) is 5.69 Å². The van der Waals surface area contributed by atoms with Gasteiger partial charge < -0.3 is 10.5 Å². The van der Waals surface area contributed by atoms with Crippen molar-refractivity contribution in [3.63, 3.8) is 0 Å². The Morgan fingerprint density at radius 3 is 2.81 bits per heavy atom. The van der Waals surface area contributed by atoms with E-state index >= 15 is 0 Å². The molecule has 2 rings (SSSR count). The number of hydrogen-bond acceptors (Lipinski definition) is 3. The van der Waals surface area contributed by atoms with Crippen LogP contribution in [-0.2, 0) is 0 Å². The molecule has 0 bridgehead atoms. The monoisotopic (exact) mass is 217 g/mol. The minimum atomic E-state index is -0.0626. The first-order chi connectivity index (χ1) is 7.74. The van der Waals surface area contributed by atoms with E-state index in [1.165, 1.54) is 0 Å². The summed E-state index contributed by atoms with van der Waals surface area (Å²) < 4.78 is 7.26. The fourth-order valence-electron chi connectivity index (χ4n) is 1.67. The summed E-state index contributed by atoms with van der Waals surface area (Å²) in [6.07, 6.45) is 3.52. The van der Waals surface area contributed by atoms with Crippen LogP contribution >= 0.6 is 0 Å². The molecule has 0 aliphatic rings. The molecular weight excluding hydrogens is 202 g/mol. The molecule has 1 heterocycles. The van der Waals surface area contributed by atoms with E-state index < -0.39 is 0 Å². The van der Waals surface area contributed by atoms with Gasteiger partial charge in [-0.1, -0.05) is 12.1 Å². The summed E-state index contributed by atoms with van der Waals surface area (Å²) in [5.41, 5.74) is 7.80. The Kier molecular flexibility index (Phi) is 2.92. The van der Waals surface area contributed by atoms with E-state index in [0.717, 1.165) is 17.1 Å². The minimum absolute atomic E-state index is 0.0626. The molecule has 0 amide bonds. The number of para-hydroxylation sites is 2. The van der Waals surface area contributed by atoms with Crippen LogP contribution in [0.4, 0.5) is 0 Å². The molecule has 0 aliphatic carbocycles. The molecular formula is C12H15N3O. The quantitative estimate of drug-likeness (QED) is 0.854. The van der Waals surface area contributed by atoms with Crippen molar-refractivity contribution in [2.45, 2.75) is 13.0 Å². The van der Waals surface area contributed by atoms with Gasteiger partial charge >= 0.3 is 0 Å². The Morgan fingerprint density at radius 2 is 2.12 bits per heavy atom. The van der Waals surface area contributed by atoms with Crippen molar-refractivity contribution >= 4 is 0 Å². The molecule has 0 saturated heterocycles. The highest BCUT2D eigenvalue weighted by Gasteiger charge is 2.11. The zero-order valence-corrected chi connectivity index (χ0v) is 9.42. The third-order valence-corrected chi connectivity index (χ3v) is 2.48. The van der Waals surface area contributed by atoms with Crippen LogP contribution in [0.15, 0.2) is 36.8 Å². The number of hydrogen-bond donors (Lipinski definition) is 1. The largest absolute Gasteiger partial charge is 0.495 e. The second kappa shape index (κ2) is 4.37. The van der Waals surface area contributed by atoms with Gasteiger partial charge in [0.15, 0.2) is 0 Å². The third-order valence-electron chi connectivity index (χ3n) is 2.48. The van der Waals surface area contributed by atoms with Gasteiger partial charge in [0.2, 0.25) is 0 Å². The predicted octanol–water partition coefficient (Wildman–Crippen LogP) is 1.90. The van der Waals surface area contributed by atoms with E-state index in [4.69, 9.17) is 10.5 Å². The van der Waals surface area contributed by atoms with Gasteiger partial charge in [0, 0.05) is 6.04 Å². The number of rotatable bonds is 3. The first-order valence-electron chi connectivity index (χ1n) is 5.15. The molecule has 1 aromatic carbocycles. The molecule has 4 nitrogen and oxygen atoms in total. The lowest BCUT2D eigenvalue weighted by atomic mass is 10.2. The van der Waals surface area contributed by atoms with Crippen molar-refractivity contribution in [2.24, 2.45) is 5.73 Å². The van der Waals surface area contributed by atoms with E-state index in [0.29, 0.717) is 0 Å². The van der Waals surface area contributed by atoms with Crippen molar-refractivity contribution in [1.82, 2.24) is 9.55 Å². The fraction of sp³-hybridized carbons (Fsp3) is 0.250. The summed E-state index contributed by atoms with van der Waals surface area (Å²) in [4.78, 5) is 4.12. The zero-order valence-electron chi connectivity index (χ0n) is 9.42. The van der Waals surface area contributed by atoms with Gasteiger partial charge in [0.25, 0.3) is 0 Å². The summed E-state index contributed by atoms with van der Waals surface area (Å²) >= 11 is 0. The second-order valence-electron chi connectivity index (χ2n) is 3.65. The molecule has 1 atom stereocenters. The van der Waals surface area contributed by atoms with Crippen LogP contribution in [0.2, 0.25) is 0 Å². The maximum Gasteiger partial charge on any atom is 0.142 e. The highest BCUT2D eigenvalue weighted by molar-refractivity contribution is 5.47. The molecule has 0 spiro atoms. The van der Waals surface area contributed by atoms with E-state index in [9.17, 15) is 0 Å². The number of imidazole rings is 1. The minimum Gasteiger partial charge on any atom is -0.495 e. The molecule has 0 saturated carbocycles. The van der Waals surface area contributed by atoms with Crippen LogP contribution in [-0.4, -0.2) is 16.7 Å². The molecule has 1 aromatic heterocycles. The smallest absolute Gasteiger partial charge is 0.142 e. The number of benzene rings is 1. The summed E-state index contributed by atoms with van der Waals surface area (Å²) in [7, 11) is 1.65. The Labute approximate surface area is 94.7 Å². The Morgan fingerprint density at radius 1 is 1.38 bits per heavy atom. The van der Waals surface area contributed by atoms with Crippen molar-refractivity contribution in [2.75, 3.05) is 7.11 Å². The highest BCUT2D eigenvalue weighted by Crippen LogP contribution is 2.24. The first-order valence-corrected chi connectivity index (χ1v) is 5.15. The standard InChI is InChI=1S/C12H15N3O/c1-9(13)11-7-14-8-15(11)10-5-3-4-6-12(10)16-2/h3-9H,13H2,1-2H3/t9-/m0/s1. The van der Waals surface area contributed by atoms with Gasteiger partial charge in [0.05, 0.1) is 31.0 Å². The van der Waals surface area contributed by atoms with Crippen LogP contribution in [0.5, 0.6) is 5.75 Å². The van der Waals surface area contributed by atoms with Gasteiger partial charge in [-0.3, -0.25) is 4.57 Å². The Bertz CT molecular complexity index is 477. The second-order valence-corrected chi connectivity index (χ2v) is 3.65. The van der Waals surface area contributed by atoms with Crippen molar-refractivity contribution in [1.29, 1.82) is 0 Å². The van der Waals surface area contributed by atoms with Gasteiger partial charge in [-0.2, -0.15) is 0 Å². The number of aromatic nitrogens is 2. The predicted molar refractivity (Wildman–Crippen MR) is 62.7 cm³/mol.